The van der Waals surface area contributed by atoms with E-state index in [1.54, 1.807) is 32.6 Å². The van der Waals surface area contributed by atoms with E-state index in [1.807, 2.05) is 19.9 Å². The van der Waals surface area contributed by atoms with Crippen LogP contribution in [0.15, 0.2) is 36.5 Å². The number of imidazole rings is 1. The van der Waals surface area contributed by atoms with Crippen molar-refractivity contribution in [1.29, 1.82) is 0 Å². The van der Waals surface area contributed by atoms with Crippen LogP contribution < -0.4 is 0 Å². The lowest BCUT2D eigenvalue weighted by Gasteiger charge is -2.47. The zero-order chi connectivity index (χ0) is 32.4. The van der Waals surface area contributed by atoms with Crippen molar-refractivity contribution in [2.75, 3.05) is 19.6 Å². The first kappa shape index (κ1) is 32.8. The van der Waals surface area contributed by atoms with Gasteiger partial charge >= 0.3 is 0 Å². The number of aromatic nitrogens is 3. The first-order valence-corrected chi connectivity index (χ1v) is 16.6. The van der Waals surface area contributed by atoms with Gasteiger partial charge in [0, 0.05) is 43.6 Å². The molecular weight excluding hydrogens is 568 g/mol. The van der Waals surface area contributed by atoms with E-state index >= 15 is 0 Å². The third kappa shape index (κ3) is 7.82. The summed E-state index contributed by atoms with van der Waals surface area (Å²) < 4.78 is 15.2. The first-order chi connectivity index (χ1) is 21.3. The van der Waals surface area contributed by atoms with E-state index in [0.29, 0.717) is 50.5 Å². The van der Waals surface area contributed by atoms with Crippen LogP contribution in [0.3, 0.4) is 0 Å². The molecule has 1 saturated heterocycles. The van der Waals surface area contributed by atoms with Crippen LogP contribution in [0.5, 0.6) is 0 Å². The van der Waals surface area contributed by atoms with Crippen molar-refractivity contribution >= 4 is 30.4 Å². The molecule has 2 aliphatic rings. The molecule has 1 aliphatic heterocycles. The van der Waals surface area contributed by atoms with Crippen molar-refractivity contribution in [2.24, 2.45) is 0 Å². The first-order valence-electron chi connectivity index (χ1n) is 16.6. The van der Waals surface area contributed by atoms with Gasteiger partial charge in [-0.25, -0.2) is 13.9 Å². The van der Waals surface area contributed by atoms with Gasteiger partial charge < -0.3 is 14.6 Å². The Kier molecular flexibility index (Phi) is 9.80. The van der Waals surface area contributed by atoms with Crippen LogP contribution >= 0.6 is 0 Å². The molecular formula is C35H47BFN5O3. The molecule has 0 bridgehead atoms. The number of benzene rings is 1. The maximum absolute atomic E-state index is 13.9. The predicted molar refractivity (Wildman–Crippen MR) is 176 cm³/mol. The molecule has 2 aromatic heterocycles. The fraction of sp³-hybridized carbons (Fsp3) is 0.571. The van der Waals surface area contributed by atoms with Crippen molar-refractivity contribution in [1.82, 2.24) is 24.4 Å². The number of carbonyl (C=O) groups excluding carboxylic acids is 3. The SMILES string of the molecule is CC(C)(C)c1cc(-c2ccc(F)cc2)nn2cc(C(=O)N3CCN(C(=O)CCC(=O)BC4CCCCCCC4)CC3(C)C)nc12. The lowest BCUT2D eigenvalue weighted by atomic mass is 9.56. The van der Waals surface area contributed by atoms with Crippen molar-refractivity contribution in [3.63, 3.8) is 0 Å². The summed E-state index contributed by atoms with van der Waals surface area (Å²) in [6, 6.07) is 8.16. The lowest BCUT2D eigenvalue weighted by molar-refractivity contribution is -0.136. The number of fused-ring (bicyclic) bond motifs is 1. The Morgan fingerprint density at radius 2 is 1.64 bits per heavy atom. The zero-order valence-electron chi connectivity index (χ0n) is 27.6. The number of hydrogen-bond donors (Lipinski definition) is 0. The fourth-order valence-electron chi connectivity index (χ4n) is 6.85. The molecule has 2 amide bonds. The minimum absolute atomic E-state index is 0.0266. The molecule has 0 N–H and O–H groups in total. The van der Waals surface area contributed by atoms with Gasteiger partial charge in [-0.15, -0.1) is 0 Å². The molecule has 1 saturated carbocycles. The molecule has 45 heavy (non-hydrogen) atoms. The van der Waals surface area contributed by atoms with Gasteiger partial charge in [-0.3, -0.25) is 9.59 Å². The Hall–Kier alpha value is -3.56. The smallest absolute Gasteiger partial charge is 0.274 e. The van der Waals surface area contributed by atoms with Gasteiger partial charge in [0.25, 0.3) is 5.91 Å². The number of rotatable bonds is 7. The van der Waals surface area contributed by atoms with Crippen LogP contribution in [-0.2, 0) is 15.0 Å². The van der Waals surface area contributed by atoms with Crippen molar-refractivity contribution in [3.8, 4) is 11.3 Å². The molecule has 10 heteroatoms. The highest BCUT2D eigenvalue weighted by Gasteiger charge is 2.39. The van der Waals surface area contributed by atoms with Crippen LogP contribution in [-0.4, -0.2) is 74.3 Å². The quantitative estimate of drug-likeness (QED) is 0.297. The summed E-state index contributed by atoms with van der Waals surface area (Å²) in [6.45, 7) is 11.4. The standard InChI is InChI=1S/C35H47BFN5O3/c1-34(2,3)27-21-28(24-13-15-26(37)16-14-24)39-42-22-29(38-32(27)42)33(45)41-20-19-40(23-35(41,4)5)31(44)18-17-30(43)36-25-11-9-7-6-8-10-12-25/h13-16,21-22,25,36H,6-12,17-20,23H2,1-5H3. The minimum atomic E-state index is -0.622. The largest absolute Gasteiger partial charge is 0.339 e. The van der Waals surface area contributed by atoms with Gasteiger partial charge in [-0.05, 0) is 49.6 Å². The Morgan fingerprint density at radius 3 is 2.29 bits per heavy atom. The van der Waals surface area contributed by atoms with E-state index < -0.39 is 5.54 Å². The Balaban J connectivity index is 1.25. The molecule has 5 rings (SSSR count). The second kappa shape index (κ2) is 13.4. The highest BCUT2D eigenvalue weighted by molar-refractivity contribution is 6.75. The molecule has 3 heterocycles. The molecule has 240 valence electrons. The Bertz CT molecular complexity index is 1540. The maximum Gasteiger partial charge on any atom is 0.274 e. The van der Waals surface area contributed by atoms with Gasteiger partial charge in [0.05, 0.1) is 23.1 Å². The molecule has 0 unspecified atom stereocenters. The molecule has 0 spiro atoms. The number of hydrogen-bond acceptors (Lipinski definition) is 5. The summed E-state index contributed by atoms with van der Waals surface area (Å²) in [5, 5.41) is 4.73. The summed E-state index contributed by atoms with van der Waals surface area (Å²) in [6.07, 6.45) is 10.7. The number of carbonyl (C=O) groups is 3. The molecule has 2 fully saturated rings. The number of halogens is 1. The van der Waals surface area contributed by atoms with Gasteiger partial charge in [0.2, 0.25) is 13.2 Å². The van der Waals surface area contributed by atoms with Crippen LogP contribution in [0, 0.1) is 5.82 Å². The highest BCUT2D eigenvalue weighted by Crippen LogP contribution is 2.31. The van der Waals surface area contributed by atoms with Gasteiger partial charge in [0.15, 0.2) is 5.65 Å². The summed E-state index contributed by atoms with van der Waals surface area (Å²) in [7, 11) is 0.594. The third-order valence-electron chi connectivity index (χ3n) is 9.45. The molecule has 1 aliphatic carbocycles. The molecule has 0 radical (unpaired) electrons. The lowest BCUT2D eigenvalue weighted by Crippen LogP contribution is -2.62. The van der Waals surface area contributed by atoms with Crippen molar-refractivity contribution in [3.05, 3.63) is 53.6 Å². The summed E-state index contributed by atoms with van der Waals surface area (Å²) in [5.41, 5.74) is 2.54. The fourth-order valence-corrected chi connectivity index (χ4v) is 6.85. The summed E-state index contributed by atoms with van der Waals surface area (Å²) in [4.78, 5) is 48.2. The molecule has 0 atom stereocenters. The zero-order valence-corrected chi connectivity index (χ0v) is 27.6. The third-order valence-corrected chi connectivity index (χ3v) is 9.45. The van der Waals surface area contributed by atoms with Crippen molar-refractivity contribution in [2.45, 2.75) is 109 Å². The summed E-state index contributed by atoms with van der Waals surface area (Å²) in [5.74, 6) is -0.0915. The number of piperazine rings is 1. The number of amides is 2. The van der Waals surface area contributed by atoms with E-state index in [9.17, 15) is 18.8 Å². The average molecular weight is 616 g/mol. The average Bonchev–Trinajstić information content (AvgIpc) is 3.40. The monoisotopic (exact) mass is 615 g/mol. The van der Waals surface area contributed by atoms with Gasteiger partial charge in [-0.2, -0.15) is 5.10 Å². The van der Waals surface area contributed by atoms with Crippen LogP contribution in [0.2, 0.25) is 5.82 Å². The maximum atomic E-state index is 13.9. The number of nitrogens with zero attached hydrogens (tertiary/aromatic N) is 5. The second-order valence-electron chi connectivity index (χ2n) is 14.6. The Labute approximate surface area is 267 Å². The van der Waals surface area contributed by atoms with Crippen LogP contribution in [0.25, 0.3) is 16.9 Å². The van der Waals surface area contributed by atoms with E-state index in [2.05, 4.69) is 20.8 Å². The minimum Gasteiger partial charge on any atom is -0.339 e. The molecule has 3 aromatic rings. The predicted octanol–water partition coefficient (Wildman–Crippen LogP) is 6.17. The summed E-state index contributed by atoms with van der Waals surface area (Å²) >= 11 is 0. The van der Waals surface area contributed by atoms with E-state index in [0.717, 1.165) is 24.0 Å². The Morgan fingerprint density at radius 1 is 0.978 bits per heavy atom. The van der Waals surface area contributed by atoms with Crippen LogP contribution in [0.1, 0.15) is 108 Å². The van der Waals surface area contributed by atoms with E-state index in [4.69, 9.17) is 10.1 Å². The normalized spacial score (nSPS) is 18.0. The molecule has 1 aromatic carbocycles. The highest BCUT2D eigenvalue weighted by atomic mass is 19.1. The van der Waals surface area contributed by atoms with E-state index in [1.165, 1.54) is 44.2 Å². The second-order valence-corrected chi connectivity index (χ2v) is 14.6. The van der Waals surface area contributed by atoms with E-state index in [-0.39, 0.29) is 40.8 Å². The van der Waals surface area contributed by atoms with Gasteiger partial charge in [-0.1, -0.05) is 71.5 Å². The van der Waals surface area contributed by atoms with Gasteiger partial charge in [0.1, 0.15) is 11.5 Å². The topological polar surface area (TPSA) is 87.9 Å². The van der Waals surface area contributed by atoms with Crippen LogP contribution in [0.4, 0.5) is 4.39 Å². The van der Waals surface area contributed by atoms with Crippen molar-refractivity contribution < 1.29 is 18.8 Å². The molecule has 8 nitrogen and oxygen atoms in total.